The van der Waals surface area contributed by atoms with E-state index in [1.54, 1.807) is 20.8 Å². The largest absolute Gasteiger partial charge is 0.598 e. The summed E-state index contributed by atoms with van der Waals surface area (Å²) in [5.41, 5.74) is -2.32. The minimum Gasteiger partial charge on any atom is -0.598 e. The third kappa shape index (κ3) is 4.91. The number of benzene rings is 1. The van der Waals surface area contributed by atoms with Crippen molar-refractivity contribution in [3.05, 3.63) is 63.7 Å². The van der Waals surface area contributed by atoms with E-state index in [-0.39, 0.29) is 11.1 Å². The molecule has 0 spiro atoms. The van der Waals surface area contributed by atoms with Gasteiger partial charge in [0.05, 0.1) is 0 Å². The van der Waals surface area contributed by atoms with E-state index in [4.69, 9.17) is 11.6 Å². The molecule has 154 valence electrons. The van der Waals surface area contributed by atoms with Crippen molar-refractivity contribution in [3.63, 3.8) is 0 Å². The van der Waals surface area contributed by atoms with Crippen LogP contribution < -0.4 is 4.72 Å². The van der Waals surface area contributed by atoms with Crippen LogP contribution in [-0.2, 0) is 17.5 Å². The molecule has 0 saturated heterocycles. The van der Waals surface area contributed by atoms with E-state index in [1.807, 2.05) is 0 Å². The third-order valence-electron chi connectivity index (χ3n) is 3.62. The van der Waals surface area contributed by atoms with Crippen molar-refractivity contribution in [2.24, 2.45) is 0 Å². The van der Waals surface area contributed by atoms with Crippen LogP contribution in [0.15, 0.2) is 24.4 Å². The lowest BCUT2D eigenvalue weighted by Crippen LogP contribution is -2.42. The Morgan fingerprint density at radius 1 is 1.11 bits per heavy atom. The lowest BCUT2D eigenvalue weighted by Gasteiger charge is -2.28. The van der Waals surface area contributed by atoms with Gasteiger partial charge in [0.15, 0.2) is 11.5 Å². The van der Waals surface area contributed by atoms with Gasteiger partial charge in [-0.3, -0.25) is 0 Å². The van der Waals surface area contributed by atoms with Crippen LogP contribution in [0, 0.1) is 17.5 Å². The van der Waals surface area contributed by atoms with Gasteiger partial charge < -0.3 is 4.55 Å². The highest BCUT2D eigenvalue weighted by Gasteiger charge is 2.38. The second-order valence-corrected chi connectivity index (χ2v) is 9.17. The Hall–Kier alpha value is -1.49. The first-order valence-electron chi connectivity index (χ1n) is 7.77. The molecule has 1 N–H and O–H groups in total. The third-order valence-corrected chi connectivity index (χ3v) is 5.53. The van der Waals surface area contributed by atoms with Crippen LogP contribution in [0.1, 0.15) is 43.6 Å². The smallest absolute Gasteiger partial charge is 0.436 e. The summed E-state index contributed by atoms with van der Waals surface area (Å²) in [5, 5.41) is -0.855. The number of hydrogen-bond acceptors (Lipinski definition) is 3. The lowest BCUT2D eigenvalue weighted by molar-refractivity contribution is -0.143. The Labute approximate surface area is 165 Å². The molecule has 3 nitrogen and oxygen atoms in total. The van der Waals surface area contributed by atoms with E-state index in [9.17, 15) is 30.9 Å². The van der Waals surface area contributed by atoms with Crippen LogP contribution in [0.3, 0.4) is 0 Å². The van der Waals surface area contributed by atoms with E-state index in [2.05, 4.69) is 9.71 Å². The molecule has 0 fully saturated rings. The zero-order valence-corrected chi connectivity index (χ0v) is 16.4. The Kier molecular flexibility index (Phi) is 6.59. The first-order valence-corrected chi connectivity index (χ1v) is 9.30. The molecular weight excluding hydrogens is 430 g/mol. The lowest BCUT2D eigenvalue weighted by atomic mass is 10.00. The number of rotatable bonds is 4. The van der Waals surface area contributed by atoms with Crippen molar-refractivity contribution in [3.8, 4) is 0 Å². The quantitative estimate of drug-likeness (QED) is 0.395. The summed E-state index contributed by atoms with van der Waals surface area (Å²) in [6.45, 7) is 4.77. The van der Waals surface area contributed by atoms with Crippen molar-refractivity contribution in [2.75, 3.05) is 0 Å². The van der Waals surface area contributed by atoms with Gasteiger partial charge in [0, 0.05) is 23.1 Å². The van der Waals surface area contributed by atoms with Crippen LogP contribution in [0.4, 0.5) is 26.3 Å². The van der Waals surface area contributed by atoms with Gasteiger partial charge in [-0.05, 0) is 38.5 Å². The molecule has 2 rings (SSSR count). The number of pyridine rings is 1. The number of nitrogens with one attached hydrogen (secondary N) is 1. The van der Waals surface area contributed by atoms with Gasteiger partial charge in [-0.1, -0.05) is 17.7 Å². The normalized spacial score (nSPS) is 14.8. The molecular formula is C17H15ClF6N2OS. The predicted molar refractivity (Wildman–Crippen MR) is 93.4 cm³/mol. The van der Waals surface area contributed by atoms with Crippen LogP contribution in [0.25, 0.3) is 0 Å². The maximum Gasteiger partial charge on any atom is 0.436 e. The highest BCUT2D eigenvalue weighted by Crippen LogP contribution is 2.34. The minimum absolute atomic E-state index is 0.246. The van der Waals surface area contributed by atoms with Crippen LogP contribution >= 0.6 is 11.6 Å². The van der Waals surface area contributed by atoms with E-state index in [0.717, 1.165) is 12.1 Å². The summed E-state index contributed by atoms with van der Waals surface area (Å²) in [4.78, 5) is 3.07. The summed E-state index contributed by atoms with van der Waals surface area (Å²) in [6, 6.07) is 0.916. The van der Waals surface area contributed by atoms with Crippen LogP contribution in [0.2, 0.25) is 5.02 Å². The number of aromatic nitrogens is 1. The molecule has 28 heavy (non-hydrogen) atoms. The first-order chi connectivity index (χ1) is 12.7. The molecule has 2 unspecified atom stereocenters. The molecule has 0 bridgehead atoms. The Bertz CT molecular complexity index is 872. The average molecular weight is 445 g/mol. The molecule has 0 aliphatic carbocycles. The van der Waals surface area contributed by atoms with Crippen molar-refractivity contribution in [1.82, 2.24) is 9.71 Å². The van der Waals surface area contributed by atoms with Crippen LogP contribution in [0.5, 0.6) is 0 Å². The summed E-state index contributed by atoms with van der Waals surface area (Å²) >= 11 is 3.72. The SMILES string of the molecule is CC(C)(C)[S+]([O-])NC(c1cnc(C(F)(F)F)c(F)c1)c1ccc(F)c(Cl)c1F. The van der Waals surface area contributed by atoms with E-state index >= 15 is 0 Å². The number of nitrogens with zero attached hydrogens (tertiary/aromatic N) is 1. The van der Waals surface area contributed by atoms with Gasteiger partial charge in [-0.15, -0.1) is 4.72 Å². The second kappa shape index (κ2) is 8.10. The predicted octanol–water partition coefficient (Wildman–Crippen LogP) is 5.31. The molecule has 0 saturated carbocycles. The molecule has 1 aromatic carbocycles. The van der Waals surface area contributed by atoms with Crippen molar-refractivity contribution in [2.45, 2.75) is 37.7 Å². The molecule has 0 aliphatic heterocycles. The molecule has 11 heteroatoms. The fourth-order valence-electron chi connectivity index (χ4n) is 2.18. The molecule has 2 aromatic rings. The maximum atomic E-state index is 14.5. The molecule has 0 radical (unpaired) electrons. The number of hydrogen-bond donors (Lipinski definition) is 1. The monoisotopic (exact) mass is 444 g/mol. The zero-order chi connectivity index (χ0) is 21.4. The Morgan fingerprint density at radius 2 is 1.71 bits per heavy atom. The van der Waals surface area contributed by atoms with Gasteiger partial charge in [0.1, 0.15) is 27.4 Å². The fraction of sp³-hybridized carbons (Fsp3) is 0.353. The fourth-order valence-corrected chi connectivity index (χ4v) is 3.18. The van der Waals surface area contributed by atoms with Crippen molar-refractivity contribution in [1.29, 1.82) is 0 Å². The number of halogens is 7. The van der Waals surface area contributed by atoms with E-state index in [0.29, 0.717) is 12.3 Å². The van der Waals surface area contributed by atoms with Gasteiger partial charge in [0.2, 0.25) is 0 Å². The molecule has 1 aromatic heterocycles. The van der Waals surface area contributed by atoms with Gasteiger partial charge in [0.25, 0.3) is 0 Å². The highest BCUT2D eigenvalue weighted by atomic mass is 35.5. The second-order valence-electron chi connectivity index (χ2n) is 6.79. The maximum absolute atomic E-state index is 14.5. The summed E-state index contributed by atoms with van der Waals surface area (Å²) in [6.07, 6.45) is -4.34. The number of alkyl halides is 3. The summed E-state index contributed by atoms with van der Waals surface area (Å²) in [7, 11) is 0. The standard InChI is InChI=1S/C17H15ClF6N2OS/c1-16(2,3)28(27)26-14(9-4-5-10(19)12(18)13(9)21)8-6-11(20)15(25-7-8)17(22,23)24/h4-7,14,26H,1-3H3. The van der Waals surface area contributed by atoms with E-state index < -0.39 is 56.5 Å². The Morgan fingerprint density at radius 3 is 2.21 bits per heavy atom. The Balaban J connectivity index is 2.60. The highest BCUT2D eigenvalue weighted by molar-refractivity contribution is 7.90. The first kappa shape index (κ1) is 22.8. The molecule has 1 heterocycles. The summed E-state index contributed by atoms with van der Waals surface area (Å²) in [5.74, 6) is -3.97. The van der Waals surface area contributed by atoms with Crippen molar-refractivity contribution < 1.29 is 30.9 Å². The average Bonchev–Trinajstić information content (AvgIpc) is 2.56. The molecule has 0 amide bonds. The molecule has 2 atom stereocenters. The van der Waals surface area contributed by atoms with Gasteiger partial charge >= 0.3 is 6.18 Å². The zero-order valence-electron chi connectivity index (χ0n) is 14.8. The summed E-state index contributed by atoms with van der Waals surface area (Å²) < 4.78 is 94.3. The minimum atomic E-state index is -5.02. The van der Waals surface area contributed by atoms with Crippen LogP contribution in [-0.4, -0.2) is 14.3 Å². The van der Waals surface area contributed by atoms with Crippen molar-refractivity contribution >= 4 is 23.0 Å². The van der Waals surface area contributed by atoms with E-state index in [1.165, 1.54) is 0 Å². The van der Waals surface area contributed by atoms with Gasteiger partial charge in [-0.2, -0.15) is 13.2 Å². The molecule has 0 aliphatic rings. The van der Waals surface area contributed by atoms with Gasteiger partial charge in [-0.25, -0.2) is 18.2 Å². The topological polar surface area (TPSA) is 48.0 Å².